The number of carbonyl (C=O) groups is 1. The summed E-state index contributed by atoms with van der Waals surface area (Å²) >= 11 is 0. The van der Waals surface area contributed by atoms with Crippen LogP contribution >= 0.6 is 0 Å². The molecule has 0 aromatic heterocycles. The van der Waals surface area contributed by atoms with E-state index in [0.29, 0.717) is 23.6 Å². The Morgan fingerprint density at radius 3 is 2.25 bits per heavy atom. The topological polar surface area (TPSA) is 48.0 Å². The molecule has 24 heavy (non-hydrogen) atoms. The van der Waals surface area contributed by atoms with Crippen molar-refractivity contribution in [3.8, 4) is 17.2 Å². The average molecular weight is 329 g/mol. The van der Waals surface area contributed by atoms with Gasteiger partial charge < -0.3 is 19.1 Å². The van der Waals surface area contributed by atoms with Crippen LogP contribution in [0.4, 0.5) is 0 Å². The molecule has 2 aromatic carbocycles. The Balaban J connectivity index is 2.29. The van der Waals surface area contributed by atoms with E-state index in [2.05, 4.69) is 0 Å². The number of nitrogens with zero attached hydrogens (tertiary/aromatic N) is 1. The zero-order valence-corrected chi connectivity index (χ0v) is 14.8. The molecule has 2 aromatic rings. The molecular formula is C19H23NO4. The maximum Gasteiger partial charge on any atom is 0.257 e. The highest BCUT2D eigenvalue weighted by atomic mass is 16.5. The van der Waals surface area contributed by atoms with Crippen molar-refractivity contribution in [3.05, 3.63) is 53.1 Å². The quantitative estimate of drug-likeness (QED) is 0.816. The molecule has 0 aliphatic heterocycles. The van der Waals surface area contributed by atoms with Crippen molar-refractivity contribution in [2.75, 3.05) is 28.4 Å². The van der Waals surface area contributed by atoms with Crippen LogP contribution in [-0.2, 0) is 6.54 Å². The second-order valence-corrected chi connectivity index (χ2v) is 5.54. The molecule has 0 spiro atoms. The summed E-state index contributed by atoms with van der Waals surface area (Å²) in [5.41, 5.74) is 2.53. The van der Waals surface area contributed by atoms with E-state index in [9.17, 15) is 4.79 Å². The van der Waals surface area contributed by atoms with Gasteiger partial charge in [0.2, 0.25) is 0 Å². The molecular weight excluding hydrogens is 306 g/mol. The van der Waals surface area contributed by atoms with Crippen molar-refractivity contribution in [2.45, 2.75) is 13.5 Å². The number of methoxy groups -OCH3 is 3. The molecule has 128 valence electrons. The molecule has 0 atom stereocenters. The maximum atomic E-state index is 12.8. The molecule has 0 saturated carbocycles. The minimum absolute atomic E-state index is 0.144. The fourth-order valence-electron chi connectivity index (χ4n) is 2.55. The number of rotatable bonds is 6. The van der Waals surface area contributed by atoms with Crippen LogP contribution in [0.3, 0.4) is 0 Å². The Morgan fingerprint density at radius 2 is 1.62 bits per heavy atom. The Morgan fingerprint density at radius 1 is 0.958 bits per heavy atom. The van der Waals surface area contributed by atoms with Crippen LogP contribution in [-0.4, -0.2) is 39.2 Å². The van der Waals surface area contributed by atoms with Crippen LogP contribution < -0.4 is 14.2 Å². The highest BCUT2D eigenvalue weighted by molar-refractivity contribution is 5.97. The van der Waals surface area contributed by atoms with E-state index in [-0.39, 0.29) is 5.91 Å². The number of carbonyl (C=O) groups excluding carboxylic acids is 1. The second-order valence-electron chi connectivity index (χ2n) is 5.54. The lowest BCUT2D eigenvalue weighted by atomic mass is 10.1. The lowest BCUT2D eigenvalue weighted by molar-refractivity contribution is 0.0780. The van der Waals surface area contributed by atoms with Crippen LogP contribution in [0.1, 0.15) is 21.5 Å². The molecule has 0 heterocycles. The summed E-state index contributed by atoms with van der Waals surface area (Å²) in [7, 11) is 6.49. The Kier molecular flexibility index (Phi) is 5.68. The predicted octanol–water partition coefficient (Wildman–Crippen LogP) is 3.29. The Hall–Kier alpha value is -2.69. The Labute approximate surface area is 142 Å². The van der Waals surface area contributed by atoms with Crippen molar-refractivity contribution in [2.24, 2.45) is 0 Å². The average Bonchev–Trinajstić information content (AvgIpc) is 2.60. The van der Waals surface area contributed by atoms with Crippen LogP contribution in [0.5, 0.6) is 17.2 Å². The third-order valence-corrected chi connectivity index (χ3v) is 3.83. The molecule has 0 saturated heterocycles. The number of amides is 1. The third kappa shape index (κ3) is 3.79. The van der Waals surface area contributed by atoms with Crippen molar-refractivity contribution in [1.29, 1.82) is 0 Å². The van der Waals surface area contributed by atoms with E-state index in [1.807, 2.05) is 25.1 Å². The van der Waals surface area contributed by atoms with Gasteiger partial charge in [-0.25, -0.2) is 0 Å². The van der Waals surface area contributed by atoms with E-state index in [1.54, 1.807) is 51.5 Å². The van der Waals surface area contributed by atoms with Crippen LogP contribution in [0, 0.1) is 6.92 Å². The number of benzene rings is 2. The molecule has 0 aliphatic rings. The minimum atomic E-state index is -0.144. The zero-order chi connectivity index (χ0) is 17.7. The van der Waals surface area contributed by atoms with Crippen LogP contribution in [0.15, 0.2) is 36.4 Å². The number of hydrogen-bond donors (Lipinski definition) is 0. The van der Waals surface area contributed by atoms with Crippen molar-refractivity contribution in [1.82, 2.24) is 4.90 Å². The highest BCUT2D eigenvalue weighted by Gasteiger charge is 2.19. The number of hydrogen-bond acceptors (Lipinski definition) is 4. The Bertz CT molecular complexity index is 727. The van der Waals surface area contributed by atoms with Gasteiger partial charge >= 0.3 is 0 Å². The maximum absolute atomic E-state index is 12.8. The summed E-state index contributed by atoms with van der Waals surface area (Å²) in [6, 6.07) is 11.1. The first-order chi connectivity index (χ1) is 11.5. The normalized spacial score (nSPS) is 10.2. The van der Waals surface area contributed by atoms with E-state index in [1.165, 1.54) is 0 Å². The molecule has 1 amide bonds. The number of aryl methyl sites for hydroxylation is 1. The molecule has 0 fully saturated rings. The molecule has 0 N–H and O–H groups in total. The third-order valence-electron chi connectivity index (χ3n) is 3.83. The first-order valence-electron chi connectivity index (χ1n) is 7.61. The van der Waals surface area contributed by atoms with Gasteiger partial charge in [-0.05, 0) is 31.2 Å². The fourth-order valence-corrected chi connectivity index (χ4v) is 2.55. The smallest absolute Gasteiger partial charge is 0.257 e. The fraction of sp³-hybridized carbons (Fsp3) is 0.316. The molecule has 5 nitrogen and oxygen atoms in total. The number of ether oxygens (including phenoxy) is 3. The van der Waals surface area contributed by atoms with Gasteiger partial charge in [-0.15, -0.1) is 0 Å². The SMILES string of the molecule is COc1ccc(OC)c(C(=O)N(C)Cc2cc(C)ccc2OC)c1. The molecule has 0 bridgehead atoms. The van der Waals surface area contributed by atoms with Crippen LogP contribution in [0.25, 0.3) is 0 Å². The van der Waals surface area contributed by atoms with E-state index in [4.69, 9.17) is 14.2 Å². The first-order valence-corrected chi connectivity index (χ1v) is 7.61. The minimum Gasteiger partial charge on any atom is -0.497 e. The van der Waals surface area contributed by atoms with Crippen molar-refractivity contribution >= 4 is 5.91 Å². The van der Waals surface area contributed by atoms with Crippen molar-refractivity contribution in [3.63, 3.8) is 0 Å². The van der Waals surface area contributed by atoms with Gasteiger partial charge in [0.1, 0.15) is 17.2 Å². The van der Waals surface area contributed by atoms with Crippen LogP contribution in [0.2, 0.25) is 0 Å². The van der Waals surface area contributed by atoms with E-state index in [0.717, 1.165) is 16.9 Å². The molecule has 5 heteroatoms. The van der Waals surface area contributed by atoms with Gasteiger partial charge in [0.25, 0.3) is 5.91 Å². The summed E-state index contributed by atoms with van der Waals surface area (Å²) in [5, 5.41) is 0. The summed E-state index contributed by atoms with van der Waals surface area (Å²) in [4.78, 5) is 14.5. The van der Waals surface area contributed by atoms with E-state index >= 15 is 0 Å². The lowest BCUT2D eigenvalue weighted by Crippen LogP contribution is -2.27. The molecule has 0 aliphatic carbocycles. The predicted molar refractivity (Wildman–Crippen MR) is 93.1 cm³/mol. The lowest BCUT2D eigenvalue weighted by Gasteiger charge is -2.20. The molecule has 0 radical (unpaired) electrons. The standard InChI is InChI=1S/C19H23NO4/c1-13-6-8-17(23-4)14(10-13)12-20(2)19(21)16-11-15(22-3)7-9-18(16)24-5/h6-11H,12H2,1-5H3. The molecule has 0 unspecified atom stereocenters. The van der Waals surface area contributed by atoms with Gasteiger partial charge in [0, 0.05) is 19.2 Å². The highest BCUT2D eigenvalue weighted by Crippen LogP contribution is 2.27. The largest absolute Gasteiger partial charge is 0.497 e. The van der Waals surface area contributed by atoms with Gasteiger partial charge in [-0.1, -0.05) is 17.7 Å². The zero-order valence-electron chi connectivity index (χ0n) is 14.8. The van der Waals surface area contributed by atoms with Gasteiger partial charge in [-0.3, -0.25) is 4.79 Å². The van der Waals surface area contributed by atoms with Gasteiger partial charge in [-0.2, -0.15) is 0 Å². The summed E-state index contributed by atoms with van der Waals surface area (Å²) in [6.07, 6.45) is 0. The molecule has 2 rings (SSSR count). The summed E-state index contributed by atoms with van der Waals surface area (Å²) in [6.45, 7) is 2.44. The van der Waals surface area contributed by atoms with Gasteiger partial charge in [0.05, 0.1) is 26.9 Å². The van der Waals surface area contributed by atoms with Gasteiger partial charge in [0.15, 0.2) is 0 Å². The summed E-state index contributed by atoms with van der Waals surface area (Å²) in [5.74, 6) is 1.75. The monoisotopic (exact) mass is 329 g/mol. The first kappa shape index (κ1) is 17.7. The van der Waals surface area contributed by atoms with Crippen molar-refractivity contribution < 1.29 is 19.0 Å². The summed E-state index contributed by atoms with van der Waals surface area (Å²) < 4.78 is 15.9. The van der Waals surface area contributed by atoms with E-state index < -0.39 is 0 Å². The second kappa shape index (κ2) is 7.73.